The molecule has 106 valence electrons. The van der Waals surface area contributed by atoms with Gasteiger partial charge >= 0.3 is 0 Å². The van der Waals surface area contributed by atoms with Crippen molar-refractivity contribution < 1.29 is 4.74 Å². The Bertz CT molecular complexity index is 406. The second kappa shape index (κ2) is 6.92. The molecule has 3 nitrogen and oxygen atoms in total. The van der Waals surface area contributed by atoms with Gasteiger partial charge in [0.25, 0.3) is 0 Å². The van der Waals surface area contributed by atoms with Gasteiger partial charge in [-0.05, 0) is 37.0 Å². The second-order valence-electron chi connectivity index (χ2n) is 5.34. The number of rotatable bonds is 5. The minimum atomic E-state index is 0.633. The number of piperazine rings is 1. The number of aryl methyl sites for hydroxylation is 1. The largest absolute Gasteiger partial charge is 0.496 e. The Hall–Kier alpha value is -1.06. The van der Waals surface area contributed by atoms with Crippen LogP contribution in [0.1, 0.15) is 25.0 Å². The number of nitrogens with zero attached hydrogens (tertiary/aromatic N) is 1. The molecule has 0 spiro atoms. The molecule has 1 heterocycles. The monoisotopic (exact) mass is 262 g/mol. The van der Waals surface area contributed by atoms with Crippen LogP contribution >= 0.6 is 0 Å². The maximum atomic E-state index is 5.48. The van der Waals surface area contributed by atoms with E-state index in [2.05, 4.69) is 42.3 Å². The van der Waals surface area contributed by atoms with Crippen molar-refractivity contribution in [3.8, 4) is 5.75 Å². The SMILES string of the molecule is CCc1ccc(OC)c(CCN2CCNCC2C)c1. The third-order valence-electron chi connectivity index (χ3n) is 4.06. The van der Waals surface area contributed by atoms with Gasteiger partial charge in [0.2, 0.25) is 0 Å². The van der Waals surface area contributed by atoms with E-state index in [1.165, 1.54) is 11.1 Å². The third kappa shape index (κ3) is 3.71. The molecule has 0 aliphatic carbocycles. The van der Waals surface area contributed by atoms with Crippen molar-refractivity contribution in [2.24, 2.45) is 0 Å². The van der Waals surface area contributed by atoms with Crippen molar-refractivity contribution in [1.82, 2.24) is 10.2 Å². The van der Waals surface area contributed by atoms with Gasteiger partial charge in [-0.2, -0.15) is 0 Å². The van der Waals surface area contributed by atoms with Crippen molar-refractivity contribution in [1.29, 1.82) is 0 Å². The molecule has 0 aromatic heterocycles. The molecule has 2 rings (SSSR count). The number of hydrogen-bond acceptors (Lipinski definition) is 3. The molecule has 0 amide bonds. The van der Waals surface area contributed by atoms with Crippen LogP contribution in [0.2, 0.25) is 0 Å². The predicted octanol–water partition coefficient (Wildman–Crippen LogP) is 2.09. The van der Waals surface area contributed by atoms with Crippen molar-refractivity contribution in [3.05, 3.63) is 29.3 Å². The first-order valence-corrected chi connectivity index (χ1v) is 7.35. The van der Waals surface area contributed by atoms with Gasteiger partial charge in [-0.25, -0.2) is 0 Å². The average Bonchev–Trinajstić information content (AvgIpc) is 2.46. The van der Waals surface area contributed by atoms with E-state index in [0.717, 1.165) is 44.8 Å². The van der Waals surface area contributed by atoms with Crippen LogP contribution in [0.5, 0.6) is 5.75 Å². The number of hydrogen-bond donors (Lipinski definition) is 1. The molecule has 3 heteroatoms. The zero-order chi connectivity index (χ0) is 13.7. The van der Waals surface area contributed by atoms with Crippen molar-refractivity contribution >= 4 is 0 Å². The minimum Gasteiger partial charge on any atom is -0.496 e. The van der Waals surface area contributed by atoms with Gasteiger partial charge in [-0.3, -0.25) is 4.90 Å². The summed E-state index contributed by atoms with van der Waals surface area (Å²) in [7, 11) is 1.76. The fourth-order valence-electron chi connectivity index (χ4n) is 2.73. The lowest BCUT2D eigenvalue weighted by Gasteiger charge is -2.34. The Balaban J connectivity index is 2.01. The zero-order valence-corrected chi connectivity index (χ0v) is 12.4. The number of nitrogens with one attached hydrogen (secondary N) is 1. The number of benzene rings is 1. The number of methoxy groups -OCH3 is 1. The smallest absolute Gasteiger partial charge is 0.122 e. The highest BCUT2D eigenvalue weighted by Crippen LogP contribution is 2.21. The summed E-state index contributed by atoms with van der Waals surface area (Å²) in [5.74, 6) is 1.03. The number of ether oxygens (including phenoxy) is 1. The quantitative estimate of drug-likeness (QED) is 0.879. The van der Waals surface area contributed by atoms with Crippen LogP contribution in [0.4, 0.5) is 0 Å². The average molecular weight is 262 g/mol. The van der Waals surface area contributed by atoms with Gasteiger partial charge in [0, 0.05) is 32.2 Å². The maximum Gasteiger partial charge on any atom is 0.122 e. The molecule has 1 saturated heterocycles. The predicted molar refractivity (Wildman–Crippen MR) is 80.0 cm³/mol. The van der Waals surface area contributed by atoms with Crippen LogP contribution in [-0.4, -0.2) is 44.2 Å². The highest BCUT2D eigenvalue weighted by Gasteiger charge is 2.17. The van der Waals surface area contributed by atoms with Crippen LogP contribution in [-0.2, 0) is 12.8 Å². The maximum absolute atomic E-state index is 5.48. The van der Waals surface area contributed by atoms with Crippen molar-refractivity contribution in [2.45, 2.75) is 32.7 Å². The summed E-state index contributed by atoms with van der Waals surface area (Å²) in [4.78, 5) is 2.56. The Labute approximate surface area is 116 Å². The van der Waals surface area contributed by atoms with Gasteiger partial charge in [-0.15, -0.1) is 0 Å². The highest BCUT2D eigenvalue weighted by atomic mass is 16.5. The Kier molecular flexibility index (Phi) is 5.23. The van der Waals surface area contributed by atoms with Crippen molar-refractivity contribution in [2.75, 3.05) is 33.3 Å². The molecule has 1 atom stereocenters. The lowest BCUT2D eigenvalue weighted by Crippen LogP contribution is -2.50. The van der Waals surface area contributed by atoms with E-state index in [0.29, 0.717) is 6.04 Å². The molecule has 1 fully saturated rings. The molecule has 0 radical (unpaired) electrons. The van der Waals surface area contributed by atoms with E-state index in [4.69, 9.17) is 4.74 Å². The lowest BCUT2D eigenvalue weighted by atomic mass is 10.0. The summed E-state index contributed by atoms with van der Waals surface area (Å²) in [5, 5.41) is 3.44. The van der Waals surface area contributed by atoms with Gasteiger partial charge in [0.15, 0.2) is 0 Å². The normalized spacial score (nSPS) is 20.5. The first-order valence-electron chi connectivity index (χ1n) is 7.35. The molecule has 1 aliphatic rings. The Morgan fingerprint density at radius 3 is 2.95 bits per heavy atom. The van der Waals surface area contributed by atoms with Crippen LogP contribution in [0.25, 0.3) is 0 Å². The van der Waals surface area contributed by atoms with Gasteiger partial charge < -0.3 is 10.1 Å². The lowest BCUT2D eigenvalue weighted by molar-refractivity contribution is 0.175. The minimum absolute atomic E-state index is 0.633. The van der Waals surface area contributed by atoms with Crippen LogP contribution in [0.3, 0.4) is 0 Å². The first kappa shape index (κ1) is 14.4. The summed E-state index contributed by atoms with van der Waals surface area (Å²) >= 11 is 0. The Morgan fingerprint density at radius 2 is 2.26 bits per heavy atom. The molecule has 0 bridgehead atoms. The fraction of sp³-hybridized carbons (Fsp3) is 0.625. The van der Waals surface area contributed by atoms with E-state index in [1.54, 1.807) is 7.11 Å². The van der Waals surface area contributed by atoms with E-state index in [-0.39, 0.29) is 0 Å². The standard InChI is InChI=1S/C16H26N2O/c1-4-14-5-6-16(19-3)15(11-14)7-9-18-10-8-17-12-13(18)2/h5-6,11,13,17H,4,7-10,12H2,1-3H3. The topological polar surface area (TPSA) is 24.5 Å². The highest BCUT2D eigenvalue weighted by molar-refractivity contribution is 5.37. The summed E-state index contributed by atoms with van der Waals surface area (Å²) in [6.07, 6.45) is 2.16. The molecule has 0 saturated carbocycles. The fourth-order valence-corrected chi connectivity index (χ4v) is 2.73. The summed E-state index contributed by atoms with van der Waals surface area (Å²) in [5.41, 5.74) is 2.73. The van der Waals surface area contributed by atoms with E-state index < -0.39 is 0 Å². The molecule has 1 aromatic carbocycles. The summed E-state index contributed by atoms with van der Waals surface area (Å²) in [6.45, 7) is 8.97. The molecular formula is C16H26N2O. The molecule has 1 N–H and O–H groups in total. The van der Waals surface area contributed by atoms with Crippen LogP contribution in [0, 0.1) is 0 Å². The van der Waals surface area contributed by atoms with Gasteiger partial charge in [-0.1, -0.05) is 19.1 Å². The molecule has 1 unspecified atom stereocenters. The van der Waals surface area contributed by atoms with Crippen LogP contribution in [0.15, 0.2) is 18.2 Å². The molecule has 1 aliphatic heterocycles. The van der Waals surface area contributed by atoms with Crippen LogP contribution < -0.4 is 10.1 Å². The van der Waals surface area contributed by atoms with E-state index in [1.807, 2.05) is 0 Å². The van der Waals surface area contributed by atoms with Crippen molar-refractivity contribution in [3.63, 3.8) is 0 Å². The van der Waals surface area contributed by atoms with Gasteiger partial charge in [0.1, 0.15) is 5.75 Å². The zero-order valence-electron chi connectivity index (χ0n) is 12.4. The first-order chi connectivity index (χ1) is 9.24. The second-order valence-corrected chi connectivity index (χ2v) is 5.34. The molecule has 1 aromatic rings. The Morgan fingerprint density at radius 1 is 1.42 bits per heavy atom. The summed E-state index contributed by atoms with van der Waals surface area (Å²) in [6, 6.07) is 7.20. The third-order valence-corrected chi connectivity index (χ3v) is 4.06. The van der Waals surface area contributed by atoms with E-state index >= 15 is 0 Å². The van der Waals surface area contributed by atoms with Gasteiger partial charge in [0.05, 0.1) is 7.11 Å². The molecular weight excluding hydrogens is 236 g/mol. The van der Waals surface area contributed by atoms with E-state index in [9.17, 15) is 0 Å². The summed E-state index contributed by atoms with van der Waals surface area (Å²) < 4.78 is 5.48. The molecule has 19 heavy (non-hydrogen) atoms.